The van der Waals surface area contributed by atoms with Gasteiger partial charge in [0.15, 0.2) is 0 Å². The van der Waals surface area contributed by atoms with Gasteiger partial charge < -0.3 is 4.74 Å². The van der Waals surface area contributed by atoms with Crippen molar-refractivity contribution in [3.05, 3.63) is 137 Å². The van der Waals surface area contributed by atoms with Crippen LogP contribution in [0, 0.1) is 24.6 Å². The second kappa shape index (κ2) is 7.21. The van der Waals surface area contributed by atoms with Crippen molar-refractivity contribution in [2.45, 2.75) is 18.1 Å². The topological polar surface area (TPSA) is 46.6 Å². The first-order chi connectivity index (χ1) is 17.5. The Bertz CT molecular complexity index is 1460. The number of carbonyl (C=O) groups excluding carboxylic acids is 2. The van der Waals surface area contributed by atoms with E-state index in [-0.39, 0.29) is 17.5 Å². The summed E-state index contributed by atoms with van der Waals surface area (Å²) in [7, 11) is 0. The van der Waals surface area contributed by atoms with Gasteiger partial charge in [-0.3, -0.25) is 9.59 Å². The molecule has 0 spiro atoms. The number of halogens is 1. The van der Waals surface area contributed by atoms with Gasteiger partial charge in [-0.1, -0.05) is 91.0 Å². The van der Waals surface area contributed by atoms with Crippen molar-refractivity contribution < 1.29 is 18.7 Å². The molecule has 4 aromatic carbocycles. The van der Waals surface area contributed by atoms with Crippen molar-refractivity contribution in [3.8, 4) is 0 Å². The first kappa shape index (κ1) is 21.2. The van der Waals surface area contributed by atoms with E-state index in [2.05, 4.69) is 0 Å². The van der Waals surface area contributed by atoms with Crippen LogP contribution >= 0.6 is 0 Å². The smallest absolute Gasteiger partial charge is 0.241 e. The minimum atomic E-state index is -1.15. The number of fused-ring (bicyclic) bond motifs is 8. The summed E-state index contributed by atoms with van der Waals surface area (Å²) in [6, 6.07) is 31.4. The minimum Gasteiger partial charge on any atom is -0.348 e. The monoisotopic (exact) mass is 475 g/mol. The average Bonchev–Trinajstić information content (AvgIpc) is 3.51. The molecule has 4 atom stereocenters. The summed E-state index contributed by atoms with van der Waals surface area (Å²) >= 11 is 0. The Morgan fingerprint density at radius 1 is 0.694 bits per heavy atom. The number of amides is 2. The van der Waals surface area contributed by atoms with Crippen molar-refractivity contribution >= 4 is 17.5 Å². The molecule has 3 heterocycles. The Labute approximate surface area is 208 Å². The molecule has 0 aliphatic carbocycles. The van der Waals surface area contributed by atoms with Gasteiger partial charge in [0.25, 0.3) is 0 Å². The van der Waals surface area contributed by atoms with E-state index in [1.54, 1.807) is 13.0 Å². The molecule has 4 nitrogen and oxygen atoms in total. The van der Waals surface area contributed by atoms with Crippen LogP contribution in [0.15, 0.2) is 103 Å². The number of rotatable bonds is 3. The van der Waals surface area contributed by atoms with Crippen LogP contribution in [0.4, 0.5) is 10.1 Å². The molecule has 0 aromatic heterocycles. The summed E-state index contributed by atoms with van der Waals surface area (Å²) < 4.78 is 21.4. The quantitative estimate of drug-likeness (QED) is 0.369. The zero-order valence-corrected chi connectivity index (χ0v) is 19.5. The highest BCUT2D eigenvalue weighted by atomic mass is 19.1. The Morgan fingerprint density at radius 3 is 1.67 bits per heavy atom. The maximum absolute atomic E-state index is 14.3. The van der Waals surface area contributed by atoms with Gasteiger partial charge in [0.1, 0.15) is 17.0 Å². The van der Waals surface area contributed by atoms with E-state index in [1.807, 2.05) is 84.9 Å². The van der Waals surface area contributed by atoms with Crippen LogP contribution in [0.3, 0.4) is 0 Å². The third-order valence-electron chi connectivity index (χ3n) is 8.05. The van der Waals surface area contributed by atoms with Crippen LogP contribution in [0.5, 0.6) is 0 Å². The standard InChI is InChI=1S/C31H22FNO3/c1-19-16-17-22(32)18-25(19)33-28(34)26-27(29(33)35)31(21-12-6-3-7-13-21)24-15-9-8-14-23(24)30(26,36-31)20-10-4-2-5-11-20/h2-18,26-27H,1H3/t26-,27+,30+,31-. The third-order valence-corrected chi connectivity index (χ3v) is 8.05. The zero-order valence-electron chi connectivity index (χ0n) is 19.5. The van der Waals surface area contributed by atoms with Gasteiger partial charge in [0, 0.05) is 0 Å². The van der Waals surface area contributed by atoms with Gasteiger partial charge in [0.05, 0.1) is 17.5 Å². The minimum absolute atomic E-state index is 0.286. The maximum atomic E-state index is 14.3. The largest absolute Gasteiger partial charge is 0.348 e. The van der Waals surface area contributed by atoms with Crippen molar-refractivity contribution in [2.75, 3.05) is 4.90 Å². The van der Waals surface area contributed by atoms with E-state index in [1.165, 1.54) is 17.0 Å². The highest BCUT2D eigenvalue weighted by Gasteiger charge is 2.78. The number of hydrogen-bond donors (Lipinski definition) is 0. The highest BCUT2D eigenvalue weighted by Crippen LogP contribution is 2.70. The molecule has 0 radical (unpaired) electrons. The second-order valence-electron chi connectivity index (χ2n) is 9.75. The molecular weight excluding hydrogens is 453 g/mol. The molecule has 7 rings (SSSR count). The molecule has 4 aromatic rings. The summed E-state index contributed by atoms with van der Waals surface area (Å²) in [5, 5.41) is 0. The lowest BCUT2D eigenvalue weighted by molar-refractivity contribution is -0.131. The predicted octanol–water partition coefficient (Wildman–Crippen LogP) is 5.47. The number of benzene rings is 4. The van der Waals surface area contributed by atoms with Crippen LogP contribution in [0.25, 0.3) is 0 Å². The maximum Gasteiger partial charge on any atom is 0.241 e. The Kier molecular flexibility index (Phi) is 4.25. The summed E-state index contributed by atoms with van der Waals surface area (Å²) in [6.45, 7) is 1.78. The molecule has 2 fully saturated rings. The SMILES string of the molecule is Cc1ccc(F)cc1N1C(=O)[C@@H]2[C@H](C1=O)[C@@]1(c3ccccc3)O[C@]2(c2ccccc2)c2ccccc21. The van der Waals surface area contributed by atoms with Crippen LogP contribution in [0.2, 0.25) is 0 Å². The summed E-state index contributed by atoms with van der Waals surface area (Å²) in [5.74, 6) is -2.83. The molecular formula is C31H22FNO3. The molecule has 0 saturated carbocycles. The normalized spacial score (nSPS) is 27.9. The van der Waals surface area contributed by atoms with Gasteiger partial charge in [-0.25, -0.2) is 9.29 Å². The number of carbonyl (C=O) groups is 2. The van der Waals surface area contributed by atoms with E-state index in [0.717, 1.165) is 22.3 Å². The van der Waals surface area contributed by atoms with Gasteiger partial charge in [-0.05, 0) is 46.9 Å². The Balaban J connectivity index is 1.56. The first-order valence-corrected chi connectivity index (χ1v) is 12.1. The third kappa shape index (κ3) is 2.41. The van der Waals surface area contributed by atoms with Crippen LogP contribution in [-0.2, 0) is 25.5 Å². The van der Waals surface area contributed by atoms with Crippen molar-refractivity contribution in [1.82, 2.24) is 0 Å². The lowest BCUT2D eigenvalue weighted by Gasteiger charge is -2.34. The fraction of sp³-hybridized carbons (Fsp3) is 0.161. The van der Waals surface area contributed by atoms with E-state index >= 15 is 0 Å². The number of imide groups is 1. The molecule has 176 valence electrons. The molecule has 3 aliphatic heterocycles. The number of anilines is 1. The molecule has 3 aliphatic rings. The fourth-order valence-corrected chi connectivity index (χ4v) is 6.67. The Morgan fingerprint density at radius 2 is 1.17 bits per heavy atom. The van der Waals surface area contributed by atoms with Crippen molar-refractivity contribution in [2.24, 2.45) is 11.8 Å². The van der Waals surface area contributed by atoms with Gasteiger partial charge in [0.2, 0.25) is 11.8 Å². The second-order valence-corrected chi connectivity index (χ2v) is 9.75. The van der Waals surface area contributed by atoms with Crippen LogP contribution in [-0.4, -0.2) is 11.8 Å². The first-order valence-electron chi connectivity index (χ1n) is 12.1. The summed E-state index contributed by atoms with van der Waals surface area (Å²) in [4.78, 5) is 29.8. The lowest BCUT2D eigenvalue weighted by Crippen LogP contribution is -2.42. The Hall–Kier alpha value is -4.09. The molecule has 0 unspecified atom stereocenters. The number of hydrogen-bond acceptors (Lipinski definition) is 3. The predicted molar refractivity (Wildman–Crippen MR) is 133 cm³/mol. The summed E-state index contributed by atoms with van der Waals surface area (Å²) in [6.07, 6.45) is 0. The van der Waals surface area contributed by atoms with E-state index in [4.69, 9.17) is 4.74 Å². The molecule has 2 bridgehead atoms. The summed E-state index contributed by atoms with van der Waals surface area (Å²) in [5.41, 5.74) is 2.06. The molecule has 5 heteroatoms. The molecule has 0 N–H and O–H groups in total. The van der Waals surface area contributed by atoms with E-state index < -0.39 is 28.9 Å². The molecule has 2 amide bonds. The van der Waals surface area contributed by atoms with Gasteiger partial charge in [-0.15, -0.1) is 0 Å². The lowest BCUT2D eigenvalue weighted by atomic mass is 9.61. The fourth-order valence-electron chi connectivity index (χ4n) is 6.67. The van der Waals surface area contributed by atoms with Crippen LogP contribution in [0.1, 0.15) is 27.8 Å². The van der Waals surface area contributed by atoms with E-state index in [0.29, 0.717) is 5.56 Å². The van der Waals surface area contributed by atoms with Crippen LogP contribution < -0.4 is 4.90 Å². The average molecular weight is 476 g/mol. The van der Waals surface area contributed by atoms with Gasteiger partial charge >= 0.3 is 0 Å². The number of nitrogens with zero attached hydrogens (tertiary/aromatic N) is 1. The van der Waals surface area contributed by atoms with Gasteiger partial charge in [-0.2, -0.15) is 0 Å². The molecule has 36 heavy (non-hydrogen) atoms. The zero-order chi connectivity index (χ0) is 24.7. The molecule has 2 saturated heterocycles. The number of aryl methyl sites for hydroxylation is 1. The van der Waals surface area contributed by atoms with Crippen molar-refractivity contribution in [1.29, 1.82) is 0 Å². The number of ether oxygens (including phenoxy) is 1. The van der Waals surface area contributed by atoms with Crippen molar-refractivity contribution in [3.63, 3.8) is 0 Å². The van der Waals surface area contributed by atoms with E-state index in [9.17, 15) is 14.0 Å². The highest BCUT2D eigenvalue weighted by molar-refractivity contribution is 6.24.